The van der Waals surface area contributed by atoms with E-state index in [1.807, 2.05) is 18.5 Å². The van der Waals surface area contributed by atoms with Crippen molar-refractivity contribution < 1.29 is 0 Å². The molecule has 3 aromatic rings. The van der Waals surface area contributed by atoms with Crippen LogP contribution in [0, 0.1) is 6.92 Å². The first-order valence-electron chi connectivity index (χ1n) is 8.53. The lowest BCUT2D eigenvalue weighted by Crippen LogP contribution is -2.27. The molecule has 1 aliphatic heterocycles. The van der Waals surface area contributed by atoms with E-state index >= 15 is 0 Å². The predicted octanol–water partition coefficient (Wildman–Crippen LogP) is 4.35. The second-order valence-corrected chi connectivity index (χ2v) is 6.86. The Hall–Kier alpha value is -2.39. The predicted molar refractivity (Wildman–Crippen MR) is 101 cm³/mol. The summed E-state index contributed by atoms with van der Waals surface area (Å²) < 4.78 is 2.39. The van der Waals surface area contributed by atoms with Crippen LogP contribution in [0.3, 0.4) is 0 Å². The third kappa shape index (κ3) is 2.55. The maximum Gasteiger partial charge on any atom is 0.0529 e. The van der Waals surface area contributed by atoms with Crippen molar-refractivity contribution in [2.24, 2.45) is 0 Å². The van der Waals surface area contributed by atoms with Crippen LogP contribution in [-0.2, 0) is 13.0 Å². The molecule has 0 atom stereocenters. The summed E-state index contributed by atoms with van der Waals surface area (Å²) in [6.07, 6.45) is 7.15. The number of hydrogen-bond acceptors (Lipinski definition) is 2. The highest BCUT2D eigenvalue weighted by Gasteiger charge is 2.21. The maximum absolute atomic E-state index is 4.25. The molecule has 2 aromatic heterocycles. The van der Waals surface area contributed by atoms with E-state index in [-0.39, 0.29) is 0 Å². The van der Waals surface area contributed by atoms with E-state index in [1.54, 1.807) is 0 Å². The van der Waals surface area contributed by atoms with Crippen molar-refractivity contribution in [1.29, 1.82) is 0 Å². The van der Waals surface area contributed by atoms with Crippen LogP contribution in [0.25, 0.3) is 22.7 Å². The first-order chi connectivity index (χ1) is 11.6. The number of rotatable bonds is 2. The van der Waals surface area contributed by atoms with E-state index in [0.717, 1.165) is 19.5 Å². The molecule has 122 valence electrons. The highest BCUT2D eigenvalue weighted by Crippen LogP contribution is 2.32. The quantitative estimate of drug-likeness (QED) is 0.700. The fourth-order valence-electron chi connectivity index (χ4n) is 3.65. The number of pyridine rings is 1. The Kier molecular flexibility index (Phi) is 3.73. The third-order valence-corrected chi connectivity index (χ3v) is 4.98. The Labute approximate surface area is 143 Å². The molecule has 24 heavy (non-hydrogen) atoms. The van der Waals surface area contributed by atoms with E-state index in [0.29, 0.717) is 0 Å². The molecule has 0 amide bonds. The van der Waals surface area contributed by atoms with Gasteiger partial charge in [0.1, 0.15) is 0 Å². The molecular weight excluding hydrogens is 294 g/mol. The zero-order valence-corrected chi connectivity index (χ0v) is 14.6. The van der Waals surface area contributed by atoms with Crippen LogP contribution < -0.4 is 0 Å². The van der Waals surface area contributed by atoms with Crippen LogP contribution in [0.4, 0.5) is 0 Å². The van der Waals surface area contributed by atoms with E-state index in [4.69, 9.17) is 0 Å². The Balaban J connectivity index is 1.93. The number of allylic oxidation sites excluding steroid dienone is 1. The van der Waals surface area contributed by atoms with Crippen LogP contribution in [0.15, 0.2) is 42.7 Å². The highest BCUT2D eigenvalue weighted by atomic mass is 15.1. The van der Waals surface area contributed by atoms with Crippen LogP contribution in [-0.4, -0.2) is 28.0 Å². The average molecular weight is 317 g/mol. The number of fused-ring (bicyclic) bond motifs is 3. The van der Waals surface area contributed by atoms with Gasteiger partial charge < -0.3 is 9.47 Å². The minimum Gasteiger partial charge on any atom is -0.318 e. The summed E-state index contributed by atoms with van der Waals surface area (Å²) in [6.45, 7) is 6.47. The van der Waals surface area contributed by atoms with E-state index < -0.39 is 0 Å². The molecule has 0 unspecified atom stereocenters. The van der Waals surface area contributed by atoms with Gasteiger partial charge in [0.15, 0.2) is 0 Å². The van der Waals surface area contributed by atoms with Gasteiger partial charge in [-0.3, -0.25) is 4.98 Å². The highest BCUT2D eigenvalue weighted by molar-refractivity contribution is 5.90. The summed E-state index contributed by atoms with van der Waals surface area (Å²) in [5.41, 5.74) is 7.98. The molecule has 0 radical (unpaired) electrons. The Bertz CT molecular complexity index is 919. The van der Waals surface area contributed by atoms with Crippen molar-refractivity contribution in [3.63, 3.8) is 0 Å². The lowest BCUT2D eigenvalue weighted by atomic mass is 10.0. The van der Waals surface area contributed by atoms with Crippen molar-refractivity contribution >= 4 is 22.7 Å². The Morgan fingerprint density at radius 3 is 2.92 bits per heavy atom. The second-order valence-electron chi connectivity index (χ2n) is 6.86. The molecule has 0 saturated heterocycles. The zero-order chi connectivity index (χ0) is 16.7. The van der Waals surface area contributed by atoms with Crippen molar-refractivity contribution in [3.05, 3.63) is 65.1 Å². The second kappa shape index (κ2) is 5.91. The van der Waals surface area contributed by atoms with Crippen LogP contribution in [0.1, 0.15) is 29.3 Å². The number of hydrogen-bond donors (Lipinski definition) is 0. The van der Waals surface area contributed by atoms with Crippen molar-refractivity contribution in [2.75, 3.05) is 13.6 Å². The molecule has 0 fully saturated rings. The molecule has 0 aliphatic carbocycles. The van der Waals surface area contributed by atoms with Crippen molar-refractivity contribution in [2.45, 2.75) is 26.8 Å². The largest absolute Gasteiger partial charge is 0.318 e. The minimum atomic E-state index is 1.000. The normalized spacial score (nSPS) is 15.7. The summed E-state index contributed by atoms with van der Waals surface area (Å²) in [5.74, 6) is 0. The average Bonchev–Trinajstić information content (AvgIpc) is 2.88. The summed E-state index contributed by atoms with van der Waals surface area (Å²) >= 11 is 0. The molecule has 0 spiro atoms. The van der Waals surface area contributed by atoms with Gasteiger partial charge >= 0.3 is 0 Å². The van der Waals surface area contributed by atoms with Gasteiger partial charge in [0.05, 0.1) is 5.52 Å². The van der Waals surface area contributed by atoms with Gasteiger partial charge in [-0.15, -0.1) is 0 Å². The first-order valence-corrected chi connectivity index (χ1v) is 8.53. The monoisotopic (exact) mass is 317 g/mol. The molecule has 0 bridgehead atoms. The number of benzene rings is 1. The lowest BCUT2D eigenvalue weighted by Gasteiger charge is -2.24. The molecule has 3 heterocycles. The van der Waals surface area contributed by atoms with Crippen molar-refractivity contribution in [1.82, 2.24) is 14.5 Å². The minimum absolute atomic E-state index is 1.000. The number of nitrogens with zero attached hydrogens (tertiary/aromatic N) is 3. The summed E-state index contributed by atoms with van der Waals surface area (Å²) in [6, 6.07) is 10.9. The van der Waals surface area contributed by atoms with E-state index in [2.05, 4.69) is 65.8 Å². The molecule has 1 aliphatic rings. The fourth-order valence-corrected chi connectivity index (χ4v) is 3.65. The van der Waals surface area contributed by atoms with Gasteiger partial charge in [-0.2, -0.15) is 0 Å². The molecule has 0 saturated carbocycles. The van der Waals surface area contributed by atoms with Gasteiger partial charge in [0.2, 0.25) is 0 Å². The van der Waals surface area contributed by atoms with Crippen LogP contribution >= 0.6 is 0 Å². The number of aryl methyl sites for hydroxylation is 1. The summed E-state index contributed by atoms with van der Waals surface area (Å²) in [5, 5.41) is 1.41. The first kappa shape index (κ1) is 15.2. The molecule has 4 rings (SSSR count). The smallest absolute Gasteiger partial charge is 0.0529 e. The topological polar surface area (TPSA) is 21.1 Å². The Morgan fingerprint density at radius 2 is 2.12 bits per heavy atom. The number of aromatic nitrogens is 2. The Morgan fingerprint density at radius 1 is 1.25 bits per heavy atom. The van der Waals surface area contributed by atoms with Gasteiger partial charge in [-0.25, -0.2) is 0 Å². The van der Waals surface area contributed by atoms with Crippen LogP contribution in [0.5, 0.6) is 0 Å². The van der Waals surface area contributed by atoms with E-state index in [1.165, 1.54) is 38.9 Å². The fraction of sp³-hybridized carbons (Fsp3) is 0.286. The molecule has 0 N–H and O–H groups in total. The maximum atomic E-state index is 4.25. The van der Waals surface area contributed by atoms with E-state index in [9.17, 15) is 0 Å². The van der Waals surface area contributed by atoms with Gasteiger partial charge in [0.25, 0.3) is 0 Å². The molecule has 3 heteroatoms. The van der Waals surface area contributed by atoms with Gasteiger partial charge in [0, 0.05) is 42.8 Å². The molecule has 1 aromatic carbocycles. The molecule has 3 nitrogen and oxygen atoms in total. The standard InChI is InChI=1S/C21H23N3/c1-15-6-7-20-19(11-15)18-8-10-23(3)14-21(18)24(20)13-16(2)17-5-4-9-22-12-17/h4-7,9,11-13H,8,10,14H2,1-3H3/b16-13+. The summed E-state index contributed by atoms with van der Waals surface area (Å²) in [7, 11) is 2.20. The SMILES string of the molecule is C/C(=C\n1c2c(c3cc(C)ccc31)CCN(C)C2)c1cccnc1. The zero-order valence-electron chi connectivity index (χ0n) is 14.6. The van der Waals surface area contributed by atoms with Crippen molar-refractivity contribution in [3.8, 4) is 0 Å². The third-order valence-electron chi connectivity index (χ3n) is 4.98. The summed E-state index contributed by atoms with van der Waals surface area (Å²) in [4.78, 5) is 6.65. The van der Waals surface area contributed by atoms with Gasteiger partial charge in [-0.05, 0) is 62.2 Å². The number of likely N-dealkylation sites (N-methyl/N-ethyl adjacent to an activating group) is 1. The lowest BCUT2D eigenvalue weighted by molar-refractivity contribution is 0.308. The van der Waals surface area contributed by atoms with Gasteiger partial charge in [-0.1, -0.05) is 17.7 Å². The molecular formula is C21H23N3. The van der Waals surface area contributed by atoms with Crippen LogP contribution in [0.2, 0.25) is 0 Å².